The third-order valence-electron chi connectivity index (χ3n) is 5.48. The summed E-state index contributed by atoms with van der Waals surface area (Å²) >= 11 is 0. The molecule has 5 heteroatoms. The number of pyridine rings is 1. The lowest BCUT2D eigenvalue weighted by Crippen LogP contribution is -2.45. The fourth-order valence-corrected chi connectivity index (χ4v) is 3.92. The molecule has 0 aliphatic heterocycles. The van der Waals surface area contributed by atoms with Crippen molar-refractivity contribution < 1.29 is 9.53 Å². The van der Waals surface area contributed by atoms with Crippen LogP contribution in [0.15, 0.2) is 85.1 Å². The van der Waals surface area contributed by atoms with E-state index in [0.717, 1.165) is 36.8 Å². The maximum absolute atomic E-state index is 12.8. The zero-order valence-electron chi connectivity index (χ0n) is 16.9. The second kappa shape index (κ2) is 9.92. The summed E-state index contributed by atoms with van der Waals surface area (Å²) in [5.74, 6) is 0.667. The van der Waals surface area contributed by atoms with Gasteiger partial charge in [-0.1, -0.05) is 66.7 Å². The third-order valence-corrected chi connectivity index (χ3v) is 5.48. The number of urea groups is 1. The molecule has 0 radical (unpaired) electrons. The minimum absolute atomic E-state index is 0.137. The third kappa shape index (κ3) is 5.38. The molecule has 0 saturated heterocycles. The predicted octanol–water partition coefficient (Wildman–Crippen LogP) is 4.86. The molecule has 0 atom stereocenters. The molecule has 154 valence electrons. The van der Waals surface area contributed by atoms with Crippen LogP contribution in [0, 0.1) is 0 Å². The topological polar surface area (TPSA) is 63.2 Å². The largest absolute Gasteiger partial charge is 0.474 e. The van der Waals surface area contributed by atoms with E-state index >= 15 is 0 Å². The predicted molar refractivity (Wildman–Crippen MR) is 117 cm³/mol. The van der Waals surface area contributed by atoms with Gasteiger partial charge in [0, 0.05) is 18.3 Å². The normalized spacial score (nSPS) is 18.6. The van der Waals surface area contributed by atoms with E-state index in [1.54, 1.807) is 6.20 Å². The molecule has 1 aliphatic carbocycles. The van der Waals surface area contributed by atoms with Crippen molar-refractivity contribution in [1.82, 2.24) is 15.6 Å². The van der Waals surface area contributed by atoms with Gasteiger partial charge >= 0.3 is 6.03 Å². The molecule has 1 aromatic heterocycles. The zero-order chi connectivity index (χ0) is 20.6. The molecule has 30 heavy (non-hydrogen) atoms. The highest BCUT2D eigenvalue weighted by Crippen LogP contribution is 2.24. The first-order valence-electron chi connectivity index (χ1n) is 10.5. The number of ether oxygens (including phenoxy) is 1. The van der Waals surface area contributed by atoms with Crippen LogP contribution in [0.3, 0.4) is 0 Å². The average Bonchev–Trinajstić information content (AvgIpc) is 2.81. The number of rotatable bonds is 6. The SMILES string of the molecule is O=C(NC1CCC(Oc2ccccn2)CC1)NC(c1ccccc1)c1ccccc1. The molecule has 1 heterocycles. The van der Waals surface area contributed by atoms with E-state index in [-0.39, 0.29) is 24.2 Å². The standard InChI is InChI=1S/C25H27N3O2/c29-25(27-21-14-16-22(17-15-21)30-23-13-7-8-18-26-23)28-24(19-9-3-1-4-10-19)20-11-5-2-6-12-20/h1-13,18,21-22,24H,14-17H2,(H2,27,28,29). The highest BCUT2D eigenvalue weighted by Gasteiger charge is 2.25. The van der Waals surface area contributed by atoms with Crippen molar-refractivity contribution in [3.05, 3.63) is 96.2 Å². The van der Waals surface area contributed by atoms with Crippen LogP contribution >= 0.6 is 0 Å². The lowest BCUT2D eigenvalue weighted by Gasteiger charge is -2.30. The van der Waals surface area contributed by atoms with E-state index in [9.17, 15) is 4.79 Å². The monoisotopic (exact) mass is 401 g/mol. The first-order chi connectivity index (χ1) is 14.8. The molecule has 2 amide bonds. The Bertz CT molecular complexity index is 871. The summed E-state index contributed by atoms with van der Waals surface area (Å²) in [6, 6.07) is 25.6. The number of amides is 2. The lowest BCUT2D eigenvalue weighted by molar-refractivity contribution is 0.134. The van der Waals surface area contributed by atoms with Crippen LogP contribution in [-0.4, -0.2) is 23.2 Å². The van der Waals surface area contributed by atoms with Crippen molar-refractivity contribution in [1.29, 1.82) is 0 Å². The van der Waals surface area contributed by atoms with Gasteiger partial charge in [0.2, 0.25) is 5.88 Å². The summed E-state index contributed by atoms with van der Waals surface area (Å²) in [6.45, 7) is 0. The number of carbonyl (C=O) groups is 1. The molecule has 0 unspecified atom stereocenters. The summed E-state index contributed by atoms with van der Waals surface area (Å²) in [7, 11) is 0. The summed E-state index contributed by atoms with van der Waals surface area (Å²) in [5, 5.41) is 6.31. The molecule has 2 N–H and O–H groups in total. The van der Waals surface area contributed by atoms with Crippen LogP contribution in [0.5, 0.6) is 5.88 Å². The van der Waals surface area contributed by atoms with E-state index in [2.05, 4.69) is 15.6 Å². The minimum Gasteiger partial charge on any atom is -0.474 e. The van der Waals surface area contributed by atoms with Crippen molar-refractivity contribution in [2.45, 2.75) is 43.9 Å². The van der Waals surface area contributed by atoms with Crippen molar-refractivity contribution in [3.8, 4) is 5.88 Å². The summed E-state index contributed by atoms with van der Waals surface area (Å²) in [5.41, 5.74) is 2.12. The van der Waals surface area contributed by atoms with Gasteiger partial charge < -0.3 is 15.4 Å². The fourth-order valence-electron chi connectivity index (χ4n) is 3.92. The summed E-state index contributed by atoms with van der Waals surface area (Å²) in [4.78, 5) is 17.0. The van der Waals surface area contributed by atoms with Crippen LogP contribution in [0.25, 0.3) is 0 Å². The van der Waals surface area contributed by atoms with E-state index in [0.29, 0.717) is 5.88 Å². The maximum atomic E-state index is 12.8. The first kappa shape index (κ1) is 20.0. The molecular weight excluding hydrogens is 374 g/mol. The molecule has 1 aliphatic rings. The Labute approximate surface area is 177 Å². The Kier molecular flexibility index (Phi) is 6.60. The van der Waals surface area contributed by atoms with E-state index in [1.807, 2.05) is 78.9 Å². The highest BCUT2D eigenvalue weighted by atomic mass is 16.5. The van der Waals surface area contributed by atoms with E-state index in [1.165, 1.54) is 0 Å². The number of nitrogens with zero attached hydrogens (tertiary/aromatic N) is 1. The molecule has 4 rings (SSSR count). The number of carbonyl (C=O) groups excluding carboxylic acids is 1. The molecule has 0 bridgehead atoms. The van der Waals surface area contributed by atoms with Crippen molar-refractivity contribution in [3.63, 3.8) is 0 Å². The van der Waals surface area contributed by atoms with Gasteiger partial charge in [-0.15, -0.1) is 0 Å². The van der Waals surface area contributed by atoms with Crippen molar-refractivity contribution >= 4 is 6.03 Å². The van der Waals surface area contributed by atoms with Gasteiger partial charge in [-0.25, -0.2) is 9.78 Å². The molecule has 0 spiro atoms. The molecule has 1 fully saturated rings. The van der Waals surface area contributed by atoms with Gasteiger partial charge in [-0.2, -0.15) is 0 Å². The summed E-state index contributed by atoms with van der Waals surface area (Å²) < 4.78 is 5.95. The van der Waals surface area contributed by atoms with Crippen molar-refractivity contribution in [2.75, 3.05) is 0 Å². The zero-order valence-corrected chi connectivity index (χ0v) is 16.9. The Balaban J connectivity index is 1.32. The van der Waals surface area contributed by atoms with Crippen molar-refractivity contribution in [2.24, 2.45) is 0 Å². The van der Waals surface area contributed by atoms with Crippen LogP contribution < -0.4 is 15.4 Å². The second-order valence-corrected chi connectivity index (χ2v) is 7.63. The molecule has 2 aromatic carbocycles. The Morgan fingerprint density at radius 2 is 1.43 bits per heavy atom. The van der Waals surface area contributed by atoms with Crippen LogP contribution in [-0.2, 0) is 0 Å². The van der Waals surface area contributed by atoms with Gasteiger partial charge in [0.05, 0.1) is 6.04 Å². The Hall–Kier alpha value is -3.34. The average molecular weight is 402 g/mol. The molecule has 3 aromatic rings. The molecular formula is C25H27N3O2. The number of aromatic nitrogens is 1. The van der Waals surface area contributed by atoms with Gasteiger partial charge in [0.15, 0.2) is 0 Å². The summed E-state index contributed by atoms with van der Waals surface area (Å²) in [6.07, 6.45) is 5.49. The number of hydrogen-bond donors (Lipinski definition) is 2. The number of nitrogens with one attached hydrogen (secondary N) is 2. The van der Waals surface area contributed by atoms with Crippen LogP contribution in [0.1, 0.15) is 42.9 Å². The lowest BCUT2D eigenvalue weighted by atomic mass is 9.93. The van der Waals surface area contributed by atoms with Crippen LogP contribution in [0.4, 0.5) is 4.79 Å². The van der Waals surface area contributed by atoms with Gasteiger partial charge in [-0.3, -0.25) is 0 Å². The number of hydrogen-bond acceptors (Lipinski definition) is 3. The highest BCUT2D eigenvalue weighted by molar-refractivity contribution is 5.75. The first-order valence-corrected chi connectivity index (χ1v) is 10.5. The molecule has 5 nitrogen and oxygen atoms in total. The molecule has 1 saturated carbocycles. The fraction of sp³-hybridized carbons (Fsp3) is 0.280. The smallest absolute Gasteiger partial charge is 0.315 e. The van der Waals surface area contributed by atoms with Gasteiger partial charge in [-0.05, 0) is 42.9 Å². The second-order valence-electron chi connectivity index (χ2n) is 7.63. The minimum atomic E-state index is -0.184. The number of benzene rings is 2. The van der Waals surface area contributed by atoms with Crippen LogP contribution in [0.2, 0.25) is 0 Å². The van der Waals surface area contributed by atoms with Gasteiger partial charge in [0.1, 0.15) is 6.10 Å². The Morgan fingerprint density at radius 1 is 0.833 bits per heavy atom. The Morgan fingerprint density at radius 3 is 2.00 bits per heavy atom. The van der Waals surface area contributed by atoms with E-state index < -0.39 is 0 Å². The van der Waals surface area contributed by atoms with E-state index in [4.69, 9.17) is 4.74 Å². The quantitative estimate of drug-likeness (QED) is 0.620. The van der Waals surface area contributed by atoms with Gasteiger partial charge in [0.25, 0.3) is 0 Å². The maximum Gasteiger partial charge on any atom is 0.315 e.